The van der Waals surface area contributed by atoms with Crippen molar-refractivity contribution in [2.24, 2.45) is 35.5 Å². The molecule has 0 amide bonds. The van der Waals surface area contributed by atoms with E-state index in [1.54, 1.807) is 41.5 Å². The Labute approximate surface area is 317 Å². The first-order chi connectivity index (χ1) is 24.6. The Kier molecular flexibility index (Phi) is 15.0. The minimum absolute atomic E-state index is 0.0278. The van der Waals surface area contributed by atoms with Crippen LogP contribution in [0.25, 0.3) is 0 Å². The number of hydrogen-bond donors (Lipinski definition) is 4. The first-order valence-electron chi connectivity index (χ1n) is 20.0. The molecule has 53 heavy (non-hydrogen) atoms. The van der Waals surface area contributed by atoms with Gasteiger partial charge >= 0.3 is 5.97 Å². The van der Waals surface area contributed by atoms with E-state index in [1.165, 1.54) is 7.11 Å². The lowest BCUT2D eigenvalue weighted by atomic mass is 9.74. The summed E-state index contributed by atoms with van der Waals surface area (Å²) in [5, 5.41) is 46.6. The summed E-state index contributed by atoms with van der Waals surface area (Å²) >= 11 is 0. The number of rotatable bonds is 7. The van der Waals surface area contributed by atoms with Crippen LogP contribution in [0, 0.1) is 35.5 Å². The van der Waals surface area contributed by atoms with Gasteiger partial charge in [-0.25, -0.2) is 0 Å². The highest BCUT2D eigenvalue weighted by atomic mass is 16.7. The second-order valence-corrected chi connectivity index (χ2v) is 17.8. The van der Waals surface area contributed by atoms with Crippen LogP contribution in [0.3, 0.4) is 0 Å². The SMILES string of the molecule is COC1(C)CC(OC2C(C)C(=O)OC(C3CCCC3)C(C)C(O)C(C)C(=O)C(C)CC(C)(O)C(OC3OC(C)CC(N(C)C)C3O)C2C)OC(C)C1O. The van der Waals surface area contributed by atoms with Gasteiger partial charge in [-0.05, 0) is 80.3 Å². The Bertz CT molecular complexity index is 1210. The molecule has 0 radical (unpaired) electrons. The largest absolute Gasteiger partial charge is 0.461 e. The number of esters is 1. The van der Waals surface area contributed by atoms with Crippen molar-refractivity contribution in [2.75, 3.05) is 21.2 Å². The van der Waals surface area contributed by atoms with Gasteiger partial charge in [0.05, 0.1) is 47.6 Å². The molecule has 18 unspecified atom stereocenters. The van der Waals surface area contributed by atoms with Gasteiger partial charge in [-0.1, -0.05) is 40.5 Å². The van der Waals surface area contributed by atoms with E-state index in [4.69, 9.17) is 28.4 Å². The zero-order chi connectivity index (χ0) is 39.7. The summed E-state index contributed by atoms with van der Waals surface area (Å²) in [4.78, 5) is 30.4. The fourth-order valence-corrected chi connectivity index (χ4v) is 9.67. The minimum atomic E-state index is -1.72. The molecular formula is C40H71NO12. The van der Waals surface area contributed by atoms with E-state index in [2.05, 4.69) is 0 Å². The lowest BCUT2D eigenvalue weighted by Crippen LogP contribution is -2.60. The molecule has 3 heterocycles. The number of hydrogen-bond acceptors (Lipinski definition) is 13. The van der Waals surface area contributed by atoms with Crippen molar-refractivity contribution in [3.05, 3.63) is 0 Å². The average Bonchev–Trinajstić information content (AvgIpc) is 3.64. The predicted octanol–water partition coefficient (Wildman–Crippen LogP) is 3.45. The summed E-state index contributed by atoms with van der Waals surface area (Å²) in [7, 11) is 5.26. The van der Waals surface area contributed by atoms with Crippen molar-refractivity contribution >= 4 is 11.8 Å². The molecule has 3 aliphatic heterocycles. The highest BCUT2D eigenvalue weighted by Gasteiger charge is 2.52. The quantitative estimate of drug-likeness (QED) is 0.279. The molecule has 4 fully saturated rings. The highest BCUT2D eigenvalue weighted by Crippen LogP contribution is 2.42. The third-order valence-corrected chi connectivity index (χ3v) is 13.2. The van der Waals surface area contributed by atoms with E-state index in [9.17, 15) is 30.0 Å². The first kappa shape index (κ1) is 44.5. The van der Waals surface area contributed by atoms with Crippen LogP contribution in [0.4, 0.5) is 0 Å². The minimum Gasteiger partial charge on any atom is -0.461 e. The Morgan fingerprint density at radius 2 is 1.45 bits per heavy atom. The smallest absolute Gasteiger partial charge is 0.311 e. The number of methoxy groups -OCH3 is 1. The van der Waals surface area contributed by atoms with Gasteiger partial charge in [0.2, 0.25) is 0 Å². The van der Waals surface area contributed by atoms with Crippen molar-refractivity contribution in [1.29, 1.82) is 0 Å². The monoisotopic (exact) mass is 757 g/mol. The van der Waals surface area contributed by atoms with E-state index < -0.39 is 102 Å². The van der Waals surface area contributed by atoms with Gasteiger partial charge in [0.1, 0.15) is 24.1 Å². The van der Waals surface area contributed by atoms with Crippen molar-refractivity contribution in [1.82, 2.24) is 4.90 Å². The molecule has 1 aliphatic carbocycles. The fourth-order valence-electron chi connectivity index (χ4n) is 9.67. The Hall–Kier alpha value is -1.26. The normalized spacial score (nSPS) is 48.8. The van der Waals surface area contributed by atoms with Gasteiger partial charge in [0, 0.05) is 43.2 Å². The van der Waals surface area contributed by atoms with Crippen LogP contribution in [0.15, 0.2) is 0 Å². The van der Waals surface area contributed by atoms with Crippen LogP contribution in [0.1, 0.15) is 107 Å². The van der Waals surface area contributed by atoms with Crippen LogP contribution >= 0.6 is 0 Å². The zero-order valence-electron chi connectivity index (χ0n) is 34.3. The second-order valence-electron chi connectivity index (χ2n) is 17.8. The summed E-state index contributed by atoms with van der Waals surface area (Å²) in [6.07, 6.45) is -4.53. The lowest BCUT2D eigenvalue weighted by molar-refractivity contribution is -0.317. The summed E-state index contributed by atoms with van der Waals surface area (Å²) in [5.74, 6) is -4.44. The zero-order valence-corrected chi connectivity index (χ0v) is 34.3. The third kappa shape index (κ3) is 9.83. The molecule has 3 saturated heterocycles. The summed E-state index contributed by atoms with van der Waals surface area (Å²) in [6, 6.07) is -0.295. The molecule has 0 aromatic heterocycles. The van der Waals surface area contributed by atoms with Crippen LogP contribution in [0.2, 0.25) is 0 Å². The predicted molar refractivity (Wildman–Crippen MR) is 196 cm³/mol. The van der Waals surface area contributed by atoms with E-state index in [0.717, 1.165) is 25.7 Å². The molecule has 0 spiro atoms. The molecule has 4 rings (SSSR count). The molecule has 1 saturated carbocycles. The summed E-state index contributed by atoms with van der Waals surface area (Å²) < 4.78 is 38.0. The molecule has 4 aliphatic rings. The van der Waals surface area contributed by atoms with Gasteiger partial charge in [-0.15, -0.1) is 0 Å². The van der Waals surface area contributed by atoms with E-state index in [0.29, 0.717) is 6.42 Å². The van der Waals surface area contributed by atoms with Gasteiger partial charge in [0.25, 0.3) is 0 Å². The summed E-state index contributed by atoms with van der Waals surface area (Å²) in [5.41, 5.74) is -2.73. The molecule has 0 aromatic carbocycles. The number of aliphatic hydroxyl groups excluding tert-OH is 3. The maximum atomic E-state index is 14.4. The average molecular weight is 758 g/mol. The number of ketones is 1. The Morgan fingerprint density at radius 3 is 2.04 bits per heavy atom. The molecule has 13 heteroatoms. The maximum Gasteiger partial charge on any atom is 0.311 e. The standard InChI is InChI=1S/C40H71NO12/c1-20-18-39(8,47)36(53-38-32(44)28(41(10)11)17-21(2)49-38)24(5)33(51-29-19-40(9,48-12)35(45)26(7)50-29)25(6)37(46)52-34(27-15-13-14-16-27)23(4)31(43)22(3)30(20)42/h20-29,31-36,38,43-45,47H,13-19H2,1-12H3. The number of aliphatic hydroxyl groups is 4. The Morgan fingerprint density at radius 1 is 0.830 bits per heavy atom. The van der Waals surface area contributed by atoms with Crippen molar-refractivity contribution in [2.45, 2.75) is 186 Å². The van der Waals surface area contributed by atoms with Crippen LogP contribution in [-0.2, 0) is 38.0 Å². The summed E-state index contributed by atoms with van der Waals surface area (Å²) in [6.45, 7) is 15.8. The maximum absolute atomic E-state index is 14.4. The molecule has 0 bridgehead atoms. The van der Waals surface area contributed by atoms with Crippen molar-refractivity contribution in [3.63, 3.8) is 0 Å². The number of nitrogens with zero attached hydrogens (tertiary/aromatic N) is 1. The number of cyclic esters (lactones) is 1. The van der Waals surface area contributed by atoms with Crippen LogP contribution in [-0.4, -0.2) is 137 Å². The van der Waals surface area contributed by atoms with Crippen LogP contribution in [0.5, 0.6) is 0 Å². The van der Waals surface area contributed by atoms with Gasteiger partial charge in [-0.2, -0.15) is 0 Å². The number of likely N-dealkylation sites (N-methyl/N-ethyl adjacent to an activating group) is 1. The molecular weight excluding hydrogens is 686 g/mol. The van der Waals surface area contributed by atoms with Crippen LogP contribution < -0.4 is 0 Å². The van der Waals surface area contributed by atoms with Crippen molar-refractivity contribution < 1.29 is 58.4 Å². The fraction of sp³-hybridized carbons (Fsp3) is 0.950. The molecule has 18 atom stereocenters. The second kappa shape index (κ2) is 17.9. The van der Waals surface area contributed by atoms with Gasteiger partial charge in [-0.3, -0.25) is 9.59 Å². The molecule has 0 aromatic rings. The Balaban J connectivity index is 1.82. The van der Waals surface area contributed by atoms with E-state index in [-0.39, 0.29) is 36.7 Å². The number of carbonyl (C=O) groups excluding carboxylic acids is 2. The topological polar surface area (TPSA) is 174 Å². The first-order valence-corrected chi connectivity index (χ1v) is 20.0. The molecule has 13 nitrogen and oxygen atoms in total. The van der Waals surface area contributed by atoms with Gasteiger partial charge < -0.3 is 53.7 Å². The van der Waals surface area contributed by atoms with Gasteiger partial charge in [0.15, 0.2) is 12.6 Å². The lowest BCUT2D eigenvalue weighted by Gasteiger charge is -2.49. The van der Waals surface area contributed by atoms with E-state index >= 15 is 0 Å². The third-order valence-electron chi connectivity index (χ3n) is 13.2. The van der Waals surface area contributed by atoms with Crippen molar-refractivity contribution in [3.8, 4) is 0 Å². The number of ether oxygens (including phenoxy) is 6. The number of Topliss-reactive ketones (excluding diaryl/α,β-unsaturated/α-hetero) is 1. The highest BCUT2D eigenvalue weighted by molar-refractivity contribution is 5.83. The molecule has 308 valence electrons. The van der Waals surface area contributed by atoms with E-state index in [1.807, 2.05) is 39.8 Å². The molecule has 4 N–H and O–H groups in total. The number of carbonyl (C=O) groups is 2.